The molecular formula is C20H21N3O5S. The molecule has 29 heavy (non-hydrogen) atoms. The molecule has 0 saturated heterocycles. The van der Waals surface area contributed by atoms with Crippen LogP contribution in [0.5, 0.6) is 0 Å². The predicted octanol–water partition coefficient (Wildman–Crippen LogP) is 3.09. The highest BCUT2D eigenvalue weighted by Gasteiger charge is 2.17. The van der Waals surface area contributed by atoms with Crippen LogP contribution >= 0.6 is 0 Å². The standard InChI is InChI=1S/C20H21N3O5S/c1-13(2)23-29(25,26)16-10-8-15(9-11-16)20(24)27-12-18-21-19(22-28-18)17-7-5-4-6-14(17)3/h4-11,13,23H,12H2,1-3H3. The molecule has 3 rings (SSSR count). The first-order valence-corrected chi connectivity index (χ1v) is 10.4. The van der Waals surface area contributed by atoms with E-state index in [0.717, 1.165) is 11.1 Å². The third kappa shape index (κ3) is 5.07. The Morgan fingerprint density at radius 3 is 2.48 bits per heavy atom. The van der Waals surface area contributed by atoms with E-state index in [9.17, 15) is 13.2 Å². The number of nitrogens with zero attached hydrogens (tertiary/aromatic N) is 2. The quantitative estimate of drug-likeness (QED) is 0.590. The number of esters is 1. The van der Waals surface area contributed by atoms with Gasteiger partial charge in [0, 0.05) is 11.6 Å². The van der Waals surface area contributed by atoms with E-state index in [0.29, 0.717) is 5.82 Å². The van der Waals surface area contributed by atoms with Gasteiger partial charge in [-0.15, -0.1) is 0 Å². The highest BCUT2D eigenvalue weighted by Crippen LogP contribution is 2.20. The molecule has 152 valence electrons. The van der Waals surface area contributed by atoms with Crippen LogP contribution in [0.2, 0.25) is 0 Å². The number of carbonyl (C=O) groups excluding carboxylic acids is 1. The number of rotatable bonds is 7. The summed E-state index contributed by atoms with van der Waals surface area (Å²) in [4.78, 5) is 16.5. The third-order valence-electron chi connectivity index (χ3n) is 3.97. The van der Waals surface area contributed by atoms with E-state index < -0.39 is 16.0 Å². The lowest BCUT2D eigenvalue weighted by molar-refractivity contribution is 0.0429. The summed E-state index contributed by atoms with van der Waals surface area (Å²) >= 11 is 0. The predicted molar refractivity (Wildman–Crippen MR) is 105 cm³/mol. The average molecular weight is 415 g/mol. The fourth-order valence-corrected chi connectivity index (χ4v) is 3.86. The number of aryl methyl sites for hydroxylation is 1. The van der Waals surface area contributed by atoms with Gasteiger partial charge >= 0.3 is 5.97 Å². The van der Waals surface area contributed by atoms with E-state index in [1.165, 1.54) is 24.3 Å². The summed E-state index contributed by atoms with van der Waals surface area (Å²) in [6.07, 6.45) is 0. The lowest BCUT2D eigenvalue weighted by Crippen LogP contribution is -2.30. The summed E-state index contributed by atoms with van der Waals surface area (Å²) in [6, 6.07) is 12.9. The van der Waals surface area contributed by atoms with Crippen molar-refractivity contribution >= 4 is 16.0 Å². The van der Waals surface area contributed by atoms with Gasteiger partial charge < -0.3 is 9.26 Å². The van der Waals surface area contributed by atoms with Crippen LogP contribution in [0.1, 0.15) is 35.7 Å². The number of nitrogens with one attached hydrogen (secondary N) is 1. The molecule has 0 amide bonds. The normalized spacial score (nSPS) is 11.6. The minimum Gasteiger partial charge on any atom is -0.452 e. The number of ether oxygens (including phenoxy) is 1. The largest absolute Gasteiger partial charge is 0.452 e. The first-order valence-electron chi connectivity index (χ1n) is 8.94. The summed E-state index contributed by atoms with van der Waals surface area (Å²) < 4.78 is 37.0. The molecule has 0 spiro atoms. The Morgan fingerprint density at radius 1 is 1.14 bits per heavy atom. The van der Waals surface area contributed by atoms with Gasteiger partial charge in [-0.1, -0.05) is 29.4 Å². The highest BCUT2D eigenvalue weighted by atomic mass is 32.2. The Balaban J connectivity index is 1.64. The summed E-state index contributed by atoms with van der Waals surface area (Å²) in [7, 11) is -3.62. The van der Waals surface area contributed by atoms with E-state index >= 15 is 0 Å². The maximum absolute atomic E-state index is 12.2. The van der Waals surface area contributed by atoms with Crippen LogP contribution in [-0.2, 0) is 21.4 Å². The molecule has 0 atom stereocenters. The molecule has 2 aromatic carbocycles. The van der Waals surface area contributed by atoms with Crippen LogP contribution in [-0.4, -0.2) is 30.6 Å². The molecule has 0 fully saturated rings. The molecule has 1 N–H and O–H groups in total. The van der Waals surface area contributed by atoms with Gasteiger partial charge in [0.05, 0.1) is 10.5 Å². The molecule has 0 bridgehead atoms. The van der Waals surface area contributed by atoms with Crippen molar-refractivity contribution in [2.75, 3.05) is 0 Å². The second kappa shape index (κ2) is 8.54. The average Bonchev–Trinajstić information content (AvgIpc) is 3.14. The van der Waals surface area contributed by atoms with Crippen LogP contribution in [0.15, 0.2) is 57.9 Å². The Hall–Kier alpha value is -3.04. The molecule has 9 heteroatoms. The van der Waals surface area contributed by atoms with Crippen molar-refractivity contribution in [3.8, 4) is 11.4 Å². The lowest BCUT2D eigenvalue weighted by Gasteiger charge is -2.09. The van der Waals surface area contributed by atoms with E-state index in [4.69, 9.17) is 9.26 Å². The van der Waals surface area contributed by atoms with Gasteiger partial charge in [0.15, 0.2) is 6.61 Å². The van der Waals surface area contributed by atoms with Gasteiger partial charge in [0.2, 0.25) is 15.8 Å². The van der Waals surface area contributed by atoms with Crippen LogP contribution in [0.25, 0.3) is 11.4 Å². The van der Waals surface area contributed by atoms with Crippen molar-refractivity contribution in [1.82, 2.24) is 14.9 Å². The first-order chi connectivity index (χ1) is 13.8. The summed E-state index contributed by atoms with van der Waals surface area (Å²) in [5, 5.41) is 3.91. The topological polar surface area (TPSA) is 111 Å². The molecule has 0 aliphatic heterocycles. The molecule has 0 radical (unpaired) electrons. The Kier molecular flexibility index (Phi) is 6.09. The first kappa shape index (κ1) is 20.7. The maximum atomic E-state index is 12.2. The summed E-state index contributed by atoms with van der Waals surface area (Å²) in [6.45, 7) is 5.20. The number of hydrogen-bond donors (Lipinski definition) is 1. The zero-order valence-electron chi connectivity index (χ0n) is 16.2. The molecule has 0 saturated carbocycles. The maximum Gasteiger partial charge on any atom is 0.338 e. The van der Waals surface area contributed by atoms with E-state index in [2.05, 4.69) is 14.9 Å². The van der Waals surface area contributed by atoms with Crippen molar-refractivity contribution in [3.05, 3.63) is 65.5 Å². The van der Waals surface area contributed by atoms with Crippen molar-refractivity contribution in [2.24, 2.45) is 0 Å². The van der Waals surface area contributed by atoms with Crippen LogP contribution in [0.3, 0.4) is 0 Å². The van der Waals surface area contributed by atoms with Gasteiger partial charge in [-0.2, -0.15) is 4.98 Å². The monoisotopic (exact) mass is 415 g/mol. The molecule has 0 unspecified atom stereocenters. The van der Waals surface area contributed by atoms with Crippen molar-refractivity contribution in [1.29, 1.82) is 0 Å². The van der Waals surface area contributed by atoms with Crippen molar-refractivity contribution < 1.29 is 22.5 Å². The van der Waals surface area contributed by atoms with Crippen molar-refractivity contribution in [3.63, 3.8) is 0 Å². The zero-order chi connectivity index (χ0) is 21.0. The minimum absolute atomic E-state index is 0.0718. The van der Waals surface area contributed by atoms with Crippen LogP contribution in [0, 0.1) is 6.92 Å². The van der Waals surface area contributed by atoms with E-state index in [1.54, 1.807) is 13.8 Å². The lowest BCUT2D eigenvalue weighted by atomic mass is 10.1. The number of benzene rings is 2. The van der Waals surface area contributed by atoms with Crippen LogP contribution in [0.4, 0.5) is 0 Å². The Labute approximate surface area is 169 Å². The molecule has 0 aliphatic rings. The molecule has 0 aliphatic carbocycles. The smallest absolute Gasteiger partial charge is 0.338 e. The summed E-state index contributed by atoms with van der Waals surface area (Å²) in [5.74, 6) is -0.0419. The second-order valence-corrected chi connectivity index (χ2v) is 8.42. The molecular weight excluding hydrogens is 394 g/mol. The van der Waals surface area contributed by atoms with Gasteiger partial charge in [-0.05, 0) is 50.6 Å². The molecule has 1 aromatic heterocycles. The Morgan fingerprint density at radius 2 is 1.83 bits per heavy atom. The van der Waals surface area contributed by atoms with E-state index in [1.807, 2.05) is 31.2 Å². The molecule has 8 nitrogen and oxygen atoms in total. The number of carbonyl (C=O) groups is 1. The third-order valence-corrected chi connectivity index (χ3v) is 5.65. The zero-order valence-corrected chi connectivity index (χ0v) is 17.1. The second-order valence-electron chi connectivity index (χ2n) is 6.70. The van der Waals surface area contributed by atoms with E-state index in [-0.39, 0.29) is 29.0 Å². The van der Waals surface area contributed by atoms with Crippen LogP contribution < -0.4 is 4.72 Å². The molecule has 1 heterocycles. The fraction of sp³-hybridized carbons (Fsp3) is 0.250. The fourth-order valence-electron chi connectivity index (χ4n) is 2.61. The summed E-state index contributed by atoms with van der Waals surface area (Å²) in [5.41, 5.74) is 2.05. The minimum atomic E-state index is -3.62. The SMILES string of the molecule is Cc1ccccc1-c1noc(COC(=O)c2ccc(S(=O)(=O)NC(C)C)cc2)n1. The van der Waals surface area contributed by atoms with Gasteiger partial charge in [0.1, 0.15) is 0 Å². The van der Waals surface area contributed by atoms with Crippen molar-refractivity contribution in [2.45, 2.75) is 38.3 Å². The number of aromatic nitrogens is 2. The molecule has 3 aromatic rings. The van der Waals surface area contributed by atoms with Gasteiger partial charge in [0.25, 0.3) is 5.89 Å². The number of hydrogen-bond acceptors (Lipinski definition) is 7. The van der Waals surface area contributed by atoms with Gasteiger partial charge in [-0.25, -0.2) is 17.9 Å². The van der Waals surface area contributed by atoms with Gasteiger partial charge in [-0.3, -0.25) is 0 Å². The number of sulfonamides is 1. The Bertz CT molecular complexity index is 1110. The highest BCUT2D eigenvalue weighted by molar-refractivity contribution is 7.89.